The van der Waals surface area contributed by atoms with Gasteiger partial charge in [0.1, 0.15) is 25.1 Å². The molecule has 0 amide bonds. The van der Waals surface area contributed by atoms with Gasteiger partial charge in [0.2, 0.25) is 0 Å². The molecular weight excluding hydrogens is 285 g/mol. The first-order valence-electron chi connectivity index (χ1n) is 6.59. The van der Waals surface area contributed by atoms with Crippen molar-refractivity contribution in [3.8, 4) is 5.69 Å². The third-order valence-corrected chi connectivity index (χ3v) is 3.05. The van der Waals surface area contributed by atoms with Gasteiger partial charge in [0.05, 0.1) is 11.3 Å². The number of halogens is 1. The molecule has 22 heavy (non-hydrogen) atoms. The molecule has 110 valence electrons. The van der Waals surface area contributed by atoms with E-state index in [1.165, 1.54) is 18.5 Å². The number of hydrogen-bond acceptors (Lipinski definition) is 4. The summed E-state index contributed by atoms with van der Waals surface area (Å²) in [5.41, 5.74) is 1.81. The molecule has 1 heterocycles. The van der Waals surface area contributed by atoms with E-state index in [4.69, 9.17) is 4.74 Å². The van der Waals surface area contributed by atoms with Crippen LogP contribution < -0.4 is 0 Å². The van der Waals surface area contributed by atoms with Crippen LogP contribution in [-0.2, 0) is 11.3 Å². The first-order valence-corrected chi connectivity index (χ1v) is 6.59. The van der Waals surface area contributed by atoms with Crippen molar-refractivity contribution in [2.75, 3.05) is 0 Å². The minimum absolute atomic E-state index is 0.0292. The molecule has 0 bridgehead atoms. The third-order valence-electron chi connectivity index (χ3n) is 3.05. The number of hydrogen-bond donors (Lipinski definition) is 0. The standard InChI is InChI=1S/C16H12FN3O2/c17-14-3-1-2-12(8-14)9-22-16(21)13-4-6-15(7-5-13)20-11-18-10-19-20/h1-8,10-11H,9H2. The molecular formula is C16H12FN3O2. The van der Waals surface area contributed by atoms with E-state index in [-0.39, 0.29) is 12.4 Å². The van der Waals surface area contributed by atoms with E-state index in [2.05, 4.69) is 10.1 Å². The van der Waals surface area contributed by atoms with E-state index in [1.54, 1.807) is 47.4 Å². The van der Waals surface area contributed by atoms with Gasteiger partial charge in [0.15, 0.2) is 0 Å². The SMILES string of the molecule is O=C(OCc1cccc(F)c1)c1ccc(-n2cncn2)cc1. The molecule has 6 heteroatoms. The zero-order chi connectivity index (χ0) is 15.4. The molecule has 0 radical (unpaired) electrons. The molecule has 0 saturated carbocycles. The van der Waals surface area contributed by atoms with Gasteiger partial charge in [-0.25, -0.2) is 18.9 Å². The Morgan fingerprint density at radius 1 is 1.18 bits per heavy atom. The maximum atomic E-state index is 13.0. The monoisotopic (exact) mass is 297 g/mol. The maximum Gasteiger partial charge on any atom is 0.338 e. The van der Waals surface area contributed by atoms with E-state index in [0.717, 1.165) is 5.69 Å². The van der Waals surface area contributed by atoms with Gasteiger partial charge in [-0.05, 0) is 42.0 Å². The fourth-order valence-electron chi connectivity index (χ4n) is 1.95. The second-order valence-electron chi connectivity index (χ2n) is 4.59. The Morgan fingerprint density at radius 3 is 2.68 bits per heavy atom. The van der Waals surface area contributed by atoms with Crippen molar-refractivity contribution in [1.29, 1.82) is 0 Å². The molecule has 1 aromatic heterocycles. The normalized spacial score (nSPS) is 10.4. The van der Waals surface area contributed by atoms with Gasteiger partial charge in [-0.15, -0.1) is 0 Å². The van der Waals surface area contributed by atoms with Crippen LogP contribution in [0.1, 0.15) is 15.9 Å². The lowest BCUT2D eigenvalue weighted by Gasteiger charge is -2.06. The minimum Gasteiger partial charge on any atom is -0.457 e. The summed E-state index contributed by atoms with van der Waals surface area (Å²) in [6.45, 7) is 0.0292. The molecule has 0 N–H and O–H groups in total. The van der Waals surface area contributed by atoms with E-state index < -0.39 is 5.97 Å². The predicted octanol–water partition coefficient (Wildman–Crippen LogP) is 2.76. The molecule has 0 spiro atoms. The topological polar surface area (TPSA) is 57.0 Å². The molecule has 0 atom stereocenters. The molecule has 0 saturated heterocycles. The summed E-state index contributed by atoms with van der Waals surface area (Å²) in [7, 11) is 0. The van der Waals surface area contributed by atoms with E-state index in [0.29, 0.717) is 11.1 Å². The van der Waals surface area contributed by atoms with E-state index in [9.17, 15) is 9.18 Å². The summed E-state index contributed by atoms with van der Waals surface area (Å²) in [6, 6.07) is 12.7. The zero-order valence-electron chi connectivity index (χ0n) is 11.5. The maximum absolute atomic E-state index is 13.0. The Hall–Kier alpha value is -3.02. The number of aromatic nitrogens is 3. The average molecular weight is 297 g/mol. The summed E-state index contributed by atoms with van der Waals surface area (Å²) in [5, 5.41) is 4.00. The summed E-state index contributed by atoms with van der Waals surface area (Å²) in [4.78, 5) is 15.8. The zero-order valence-corrected chi connectivity index (χ0v) is 11.5. The summed E-state index contributed by atoms with van der Waals surface area (Å²) < 4.78 is 19.8. The van der Waals surface area contributed by atoms with Crippen LogP contribution in [-0.4, -0.2) is 20.7 Å². The van der Waals surface area contributed by atoms with Crippen LogP contribution in [0.5, 0.6) is 0 Å². The van der Waals surface area contributed by atoms with Gasteiger partial charge in [0.25, 0.3) is 0 Å². The Balaban J connectivity index is 1.65. The van der Waals surface area contributed by atoms with Crippen LogP contribution in [0, 0.1) is 5.82 Å². The van der Waals surface area contributed by atoms with Gasteiger partial charge in [-0.2, -0.15) is 5.10 Å². The van der Waals surface area contributed by atoms with Crippen molar-refractivity contribution in [2.45, 2.75) is 6.61 Å². The van der Waals surface area contributed by atoms with Gasteiger partial charge in [-0.1, -0.05) is 12.1 Å². The molecule has 0 unspecified atom stereocenters. The number of rotatable bonds is 4. The molecule has 5 nitrogen and oxygen atoms in total. The smallest absolute Gasteiger partial charge is 0.338 e. The number of benzene rings is 2. The van der Waals surface area contributed by atoms with E-state index >= 15 is 0 Å². The largest absolute Gasteiger partial charge is 0.457 e. The number of esters is 1. The van der Waals surface area contributed by atoms with Crippen molar-refractivity contribution in [3.05, 3.63) is 78.1 Å². The summed E-state index contributed by atoms with van der Waals surface area (Å²) >= 11 is 0. The molecule has 3 aromatic rings. The fraction of sp³-hybridized carbons (Fsp3) is 0.0625. The lowest BCUT2D eigenvalue weighted by molar-refractivity contribution is 0.0472. The molecule has 0 aliphatic heterocycles. The second-order valence-corrected chi connectivity index (χ2v) is 4.59. The first-order chi connectivity index (χ1) is 10.7. The lowest BCUT2D eigenvalue weighted by atomic mass is 10.2. The summed E-state index contributed by atoms with van der Waals surface area (Å²) in [6.07, 6.45) is 3.00. The molecule has 0 aliphatic rings. The van der Waals surface area contributed by atoms with Crippen molar-refractivity contribution >= 4 is 5.97 Å². The second kappa shape index (κ2) is 6.17. The average Bonchev–Trinajstić information content (AvgIpc) is 3.07. The number of carbonyl (C=O) groups is 1. The van der Waals surface area contributed by atoms with Crippen LogP contribution in [0.15, 0.2) is 61.2 Å². The highest BCUT2D eigenvalue weighted by Crippen LogP contribution is 2.11. The van der Waals surface area contributed by atoms with Crippen LogP contribution in [0.4, 0.5) is 4.39 Å². The van der Waals surface area contributed by atoms with Crippen molar-refractivity contribution in [3.63, 3.8) is 0 Å². The van der Waals surface area contributed by atoms with Crippen LogP contribution in [0.3, 0.4) is 0 Å². The minimum atomic E-state index is -0.464. The summed E-state index contributed by atoms with van der Waals surface area (Å²) in [5.74, 6) is -0.819. The van der Waals surface area contributed by atoms with Crippen LogP contribution >= 0.6 is 0 Å². The molecule has 3 rings (SSSR count). The first kappa shape index (κ1) is 13.9. The van der Waals surface area contributed by atoms with Crippen molar-refractivity contribution in [2.24, 2.45) is 0 Å². The predicted molar refractivity (Wildman–Crippen MR) is 76.9 cm³/mol. The van der Waals surface area contributed by atoms with E-state index in [1.807, 2.05) is 0 Å². The quantitative estimate of drug-likeness (QED) is 0.695. The Labute approximate surface area is 126 Å². The Morgan fingerprint density at radius 2 is 2.00 bits per heavy atom. The van der Waals surface area contributed by atoms with Crippen LogP contribution in [0.2, 0.25) is 0 Å². The van der Waals surface area contributed by atoms with Crippen LogP contribution in [0.25, 0.3) is 5.69 Å². The highest BCUT2D eigenvalue weighted by atomic mass is 19.1. The molecule has 0 aliphatic carbocycles. The third kappa shape index (κ3) is 3.17. The van der Waals surface area contributed by atoms with Crippen molar-refractivity contribution in [1.82, 2.24) is 14.8 Å². The number of ether oxygens (including phenoxy) is 1. The fourth-order valence-corrected chi connectivity index (χ4v) is 1.95. The lowest BCUT2D eigenvalue weighted by Crippen LogP contribution is -2.06. The highest BCUT2D eigenvalue weighted by molar-refractivity contribution is 5.89. The van der Waals surface area contributed by atoms with Gasteiger partial charge in [-0.3, -0.25) is 0 Å². The van der Waals surface area contributed by atoms with Gasteiger partial charge < -0.3 is 4.74 Å². The Bertz CT molecular complexity index is 770. The molecule has 0 fully saturated rings. The number of carbonyl (C=O) groups excluding carboxylic acids is 1. The van der Waals surface area contributed by atoms with Gasteiger partial charge in [0, 0.05) is 0 Å². The number of nitrogens with zero attached hydrogens (tertiary/aromatic N) is 3. The molecule has 2 aromatic carbocycles. The Kier molecular flexibility index (Phi) is 3.91. The van der Waals surface area contributed by atoms with Gasteiger partial charge >= 0.3 is 5.97 Å². The highest BCUT2D eigenvalue weighted by Gasteiger charge is 2.08. The van der Waals surface area contributed by atoms with Crippen molar-refractivity contribution < 1.29 is 13.9 Å².